The van der Waals surface area contributed by atoms with E-state index in [1.54, 1.807) is 7.05 Å². The normalized spacial score (nSPS) is 19.5. The Hall–Kier alpha value is -1.37. The minimum absolute atomic E-state index is 0.269. The van der Waals surface area contributed by atoms with Crippen LogP contribution >= 0.6 is 0 Å². The standard InChI is InChI=1S/C13H15F5N2/c1-19-6-7-4-2-3-5-20(7)13-11(17)9(15)8(14)10(16)12(13)18/h7,19H,2-6H2,1H3. The molecule has 0 saturated carbocycles. The molecule has 1 N–H and O–H groups in total. The third-order valence-electron chi connectivity index (χ3n) is 3.54. The van der Waals surface area contributed by atoms with E-state index in [1.165, 1.54) is 4.90 Å². The molecule has 0 aromatic heterocycles. The Morgan fingerprint density at radius 2 is 1.50 bits per heavy atom. The predicted octanol–water partition coefficient (Wildman–Crippen LogP) is 2.96. The summed E-state index contributed by atoms with van der Waals surface area (Å²) in [6.07, 6.45) is 2.15. The number of nitrogens with one attached hydrogen (secondary N) is 1. The molecule has 2 rings (SSSR count). The fourth-order valence-corrected chi connectivity index (χ4v) is 2.59. The minimum Gasteiger partial charge on any atom is -0.362 e. The Bertz CT molecular complexity index is 475. The molecular formula is C13H15F5N2. The average Bonchev–Trinajstić information content (AvgIpc) is 2.45. The molecule has 0 aliphatic carbocycles. The van der Waals surface area contributed by atoms with E-state index in [9.17, 15) is 22.0 Å². The van der Waals surface area contributed by atoms with E-state index < -0.39 is 34.8 Å². The zero-order valence-corrected chi connectivity index (χ0v) is 10.9. The number of rotatable bonds is 3. The fourth-order valence-electron chi connectivity index (χ4n) is 2.59. The van der Waals surface area contributed by atoms with E-state index in [2.05, 4.69) is 5.32 Å². The Morgan fingerprint density at radius 1 is 0.950 bits per heavy atom. The summed E-state index contributed by atoms with van der Waals surface area (Å²) in [5.41, 5.74) is -0.818. The van der Waals surface area contributed by atoms with Crippen LogP contribution < -0.4 is 10.2 Å². The number of anilines is 1. The molecule has 1 aromatic carbocycles. The number of piperidine rings is 1. The van der Waals surface area contributed by atoms with Gasteiger partial charge in [0.05, 0.1) is 0 Å². The highest BCUT2D eigenvalue weighted by atomic mass is 19.2. The summed E-state index contributed by atoms with van der Waals surface area (Å²) in [4.78, 5) is 1.27. The van der Waals surface area contributed by atoms with Gasteiger partial charge in [0.25, 0.3) is 0 Å². The first kappa shape index (κ1) is 15.0. The van der Waals surface area contributed by atoms with Crippen LogP contribution in [0.25, 0.3) is 0 Å². The Kier molecular flexibility index (Phi) is 4.47. The summed E-state index contributed by atoms with van der Waals surface area (Å²) in [5, 5.41) is 2.87. The number of hydrogen-bond acceptors (Lipinski definition) is 2. The lowest BCUT2D eigenvalue weighted by Crippen LogP contribution is -2.46. The molecule has 0 bridgehead atoms. The van der Waals surface area contributed by atoms with Crippen molar-refractivity contribution in [3.63, 3.8) is 0 Å². The SMILES string of the molecule is CNCC1CCCCN1c1c(F)c(F)c(F)c(F)c1F. The first-order chi connectivity index (χ1) is 9.49. The number of nitrogens with zero attached hydrogens (tertiary/aromatic N) is 1. The van der Waals surface area contributed by atoms with Crippen LogP contribution in [0.5, 0.6) is 0 Å². The lowest BCUT2D eigenvalue weighted by Gasteiger charge is -2.37. The van der Waals surface area contributed by atoms with Gasteiger partial charge >= 0.3 is 0 Å². The lowest BCUT2D eigenvalue weighted by molar-refractivity contribution is 0.367. The van der Waals surface area contributed by atoms with Crippen molar-refractivity contribution >= 4 is 5.69 Å². The van der Waals surface area contributed by atoms with Gasteiger partial charge in [0.15, 0.2) is 23.3 Å². The maximum Gasteiger partial charge on any atom is 0.200 e. The molecule has 1 heterocycles. The monoisotopic (exact) mass is 294 g/mol. The molecule has 112 valence electrons. The Balaban J connectivity index is 2.50. The van der Waals surface area contributed by atoms with Crippen molar-refractivity contribution in [2.75, 3.05) is 25.0 Å². The maximum absolute atomic E-state index is 13.8. The maximum atomic E-state index is 13.8. The van der Waals surface area contributed by atoms with Gasteiger partial charge in [0.1, 0.15) is 5.69 Å². The van der Waals surface area contributed by atoms with Gasteiger partial charge in [-0.15, -0.1) is 0 Å². The molecule has 1 aromatic rings. The van der Waals surface area contributed by atoms with Gasteiger partial charge in [0, 0.05) is 19.1 Å². The van der Waals surface area contributed by atoms with Gasteiger partial charge in [-0.3, -0.25) is 0 Å². The second-order valence-electron chi connectivity index (χ2n) is 4.82. The molecule has 0 amide bonds. The summed E-state index contributed by atoms with van der Waals surface area (Å²) in [5.74, 6) is -9.43. The minimum atomic E-state index is -2.12. The molecule has 1 unspecified atom stereocenters. The Morgan fingerprint density at radius 3 is 2.05 bits per heavy atom. The highest BCUT2D eigenvalue weighted by Crippen LogP contribution is 2.33. The topological polar surface area (TPSA) is 15.3 Å². The quantitative estimate of drug-likeness (QED) is 0.524. The van der Waals surface area contributed by atoms with Gasteiger partial charge in [-0.25, -0.2) is 22.0 Å². The molecule has 2 nitrogen and oxygen atoms in total. The molecule has 1 atom stereocenters. The van der Waals surface area contributed by atoms with Crippen LogP contribution in [0.15, 0.2) is 0 Å². The van der Waals surface area contributed by atoms with E-state index in [-0.39, 0.29) is 12.6 Å². The molecule has 1 aliphatic heterocycles. The van der Waals surface area contributed by atoms with Crippen molar-refractivity contribution in [3.8, 4) is 0 Å². The summed E-state index contributed by atoms with van der Waals surface area (Å²) in [6, 6.07) is -0.290. The van der Waals surface area contributed by atoms with Crippen LogP contribution in [0, 0.1) is 29.1 Å². The van der Waals surface area contributed by atoms with Crippen LogP contribution in [0.4, 0.5) is 27.6 Å². The molecule has 7 heteroatoms. The van der Waals surface area contributed by atoms with E-state index in [4.69, 9.17) is 0 Å². The molecular weight excluding hydrogens is 279 g/mol. The van der Waals surface area contributed by atoms with Gasteiger partial charge in [-0.1, -0.05) is 0 Å². The zero-order chi connectivity index (χ0) is 14.9. The van der Waals surface area contributed by atoms with Gasteiger partial charge in [-0.05, 0) is 26.3 Å². The second kappa shape index (κ2) is 5.95. The second-order valence-corrected chi connectivity index (χ2v) is 4.82. The van der Waals surface area contributed by atoms with E-state index in [0.717, 1.165) is 6.42 Å². The third-order valence-corrected chi connectivity index (χ3v) is 3.54. The van der Waals surface area contributed by atoms with Crippen LogP contribution in [-0.4, -0.2) is 26.2 Å². The summed E-state index contributed by atoms with van der Waals surface area (Å²) in [6.45, 7) is 0.685. The van der Waals surface area contributed by atoms with Crippen LogP contribution in [0.1, 0.15) is 19.3 Å². The van der Waals surface area contributed by atoms with Crippen molar-refractivity contribution in [2.24, 2.45) is 0 Å². The smallest absolute Gasteiger partial charge is 0.200 e. The van der Waals surface area contributed by atoms with Crippen molar-refractivity contribution in [1.29, 1.82) is 0 Å². The van der Waals surface area contributed by atoms with Crippen molar-refractivity contribution < 1.29 is 22.0 Å². The van der Waals surface area contributed by atoms with E-state index >= 15 is 0 Å². The number of benzene rings is 1. The Labute approximate surface area is 113 Å². The number of likely N-dealkylation sites (N-methyl/N-ethyl adjacent to an activating group) is 1. The van der Waals surface area contributed by atoms with Gasteiger partial charge < -0.3 is 10.2 Å². The molecule has 0 spiro atoms. The van der Waals surface area contributed by atoms with Crippen LogP contribution in [0.2, 0.25) is 0 Å². The van der Waals surface area contributed by atoms with E-state index in [0.29, 0.717) is 19.4 Å². The lowest BCUT2D eigenvalue weighted by atomic mass is 10.0. The number of hydrogen-bond donors (Lipinski definition) is 1. The van der Waals surface area contributed by atoms with Gasteiger partial charge in [-0.2, -0.15) is 0 Å². The van der Waals surface area contributed by atoms with Gasteiger partial charge in [0.2, 0.25) is 5.82 Å². The summed E-state index contributed by atoms with van der Waals surface area (Å²) in [7, 11) is 1.67. The fraction of sp³-hybridized carbons (Fsp3) is 0.538. The third kappa shape index (κ3) is 2.46. The predicted molar refractivity (Wildman–Crippen MR) is 65.1 cm³/mol. The van der Waals surface area contributed by atoms with E-state index in [1.807, 2.05) is 0 Å². The molecule has 1 aliphatic rings. The van der Waals surface area contributed by atoms with Crippen molar-refractivity contribution in [3.05, 3.63) is 29.1 Å². The van der Waals surface area contributed by atoms with Crippen LogP contribution in [-0.2, 0) is 0 Å². The summed E-state index contributed by atoms with van der Waals surface area (Å²) < 4.78 is 67.2. The highest BCUT2D eigenvalue weighted by Gasteiger charge is 2.33. The van der Waals surface area contributed by atoms with Crippen molar-refractivity contribution in [1.82, 2.24) is 5.32 Å². The highest BCUT2D eigenvalue weighted by molar-refractivity contribution is 5.52. The van der Waals surface area contributed by atoms with Crippen molar-refractivity contribution in [2.45, 2.75) is 25.3 Å². The number of halogens is 5. The largest absolute Gasteiger partial charge is 0.362 e. The molecule has 0 radical (unpaired) electrons. The molecule has 1 saturated heterocycles. The van der Waals surface area contributed by atoms with Crippen LogP contribution in [0.3, 0.4) is 0 Å². The molecule has 20 heavy (non-hydrogen) atoms. The first-order valence-corrected chi connectivity index (χ1v) is 6.41. The zero-order valence-electron chi connectivity index (χ0n) is 10.9. The average molecular weight is 294 g/mol. The first-order valence-electron chi connectivity index (χ1n) is 6.41. The summed E-state index contributed by atoms with van der Waals surface area (Å²) >= 11 is 0. The molecule has 1 fully saturated rings.